The molecule has 3 N–H and O–H groups in total. The van der Waals surface area contributed by atoms with Crippen molar-refractivity contribution < 1.29 is 0 Å². The van der Waals surface area contributed by atoms with Gasteiger partial charge in [-0.05, 0) is 143 Å². The van der Waals surface area contributed by atoms with Crippen molar-refractivity contribution in [2.75, 3.05) is 11.1 Å². The highest BCUT2D eigenvalue weighted by molar-refractivity contribution is 6.30. The zero-order chi connectivity index (χ0) is 54.9. The Morgan fingerprint density at radius 2 is 0.671 bits per heavy atom. The molecule has 82 heavy (non-hydrogen) atoms. The van der Waals surface area contributed by atoms with E-state index in [-0.39, 0.29) is 0 Å². The maximum atomic E-state index is 6.99. The predicted octanol–water partition coefficient (Wildman–Crippen LogP) is 20.3. The molecule has 16 rings (SSSR count). The van der Waals surface area contributed by atoms with Crippen LogP contribution in [0.4, 0.5) is 17.1 Å². The number of nitrogen functional groups attached to an aromatic ring is 1. The summed E-state index contributed by atoms with van der Waals surface area (Å²) in [4.78, 5) is 0. The number of benzene rings is 14. The molecule has 0 spiro atoms. The van der Waals surface area contributed by atoms with E-state index >= 15 is 0 Å². The summed E-state index contributed by atoms with van der Waals surface area (Å²) in [5, 5.41) is 11.3. The van der Waals surface area contributed by atoms with Gasteiger partial charge in [0.25, 0.3) is 0 Å². The van der Waals surface area contributed by atoms with E-state index in [0.29, 0.717) is 0 Å². The third kappa shape index (κ3) is 7.49. The monoisotopic (exact) mass is 1050 g/mol. The van der Waals surface area contributed by atoms with Crippen LogP contribution in [0.1, 0.15) is 55.6 Å². The molecule has 0 saturated heterocycles. The number of fused-ring (bicyclic) bond motifs is 6. The van der Waals surface area contributed by atoms with Crippen LogP contribution in [0.15, 0.2) is 297 Å². The van der Waals surface area contributed by atoms with Crippen LogP contribution in [0.3, 0.4) is 0 Å². The zero-order valence-electron chi connectivity index (χ0n) is 45.9. The highest BCUT2D eigenvalue weighted by Gasteiger charge is 2.47. The van der Waals surface area contributed by atoms with Gasteiger partial charge in [-0.1, -0.05) is 284 Å². The fourth-order valence-corrected chi connectivity index (χ4v) is 14.4. The fourth-order valence-electron chi connectivity index (χ4n) is 14.4. The van der Waals surface area contributed by atoms with Crippen molar-refractivity contribution >= 4 is 49.4 Å². The summed E-state index contributed by atoms with van der Waals surface area (Å²) in [5.41, 5.74) is 31.8. The van der Waals surface area contributed by atoms with Crippen molar-refractivity contribution in [2.45, 2.75) is 24.7 Å². The summed E-state index contributed by atoms with van der Waals surface area (Å²) >= 11 is 0. The number of nitrogens with two attached hydrogens (primary N) is 1. The Hall–Kier alpha value is -10.3. The molecule has 0 unspecified atom stereocenters. The van der Waals surface area contributed by atoms with Crippen molar-refractivity contribution in [1.29, 1.82) is 0 Å². The molecule has 0 heterocycles. The highest BCUT2D eigenvalue weighted by atomic mass is 14.9. The molecule has 2 heteroatoms. The maximum Gasteiger partial charge on any atom is 0.0714 e. The third-order valence-corrected chi connectivity index (χ3v) is 17.7. The molecule has 0 fully saturated rings. The number of hydrogen-bond acceptors (Lipinski definition) is 2. The van der Waals surface area contributed by atoms with Gasteiger partial charge in [-0.3, -0.25) is 0 Å². The van der Waals surface area contributed by atoms with Gasteiger partial charge in [0.1, 0.15) is 0 Å². The van der Waals surface area contributed by atoms with Gasteiger partial charge in [0.2, 0.25) is 0 Å². The van der Waals surface area contributed by atoms with Crippen LogP contribution in [0, 0.1) is 13.8 Å². The maximum absolute atomic E-state index is 6.99. The van der Waals surface area contributed by atoms with E-state index in [1.165, 1.54) is 122 Å². The van der Waals surface area contributed by atoms with Gasteiger partial charge >= 0.3 is 0 Å². The molecule has 388 valence electrons. The third-order valence-electron chi connectivity index (χ3n) is 17.7. The Labute approximate surface area is 479 Å². The average Bonchev–Trinajstić information content (AvgIpc) is 4.13. The Morgan fingerprint density at radius 1 is 0.293 bits per heavy atom. The van der Waals surface area contributed by atoms with Gasteiger partial charge in [0, 0.05) is 33.4 Å². The first-order chi connectivity index (χ1) is 40.4. The largest absolute Gasteiger partial charge is 0.398 e. The molecule has 2 nitrogen and oxygen atoms in total. The standard InChI is InChI=1S/C50H35N.C30H23N/c1-3-17-35(18-4-1)49(45-29-11-7-25-41(45)42-26-8-12-30-46(42)49)37-21-15-23-39(33-37)51-40-24-16-22-38(34-40)50(36-19-5-2-6-20-36)47-31-13-9-27-43(47)44-28-10-14-32-48(44)50;1-18-6-3-10-22(16-18)27-24-14-12-20-8-5-9-21-13-15-25(29(24)26(20)21)30(31)28(27)23-11-4-7-19(2)17-23/h1-34,51H;3-17H,31H2,1-2H3. The first-order valence-corrected chi connectivity index (χ1v) is 28.5. The predicted molar refractivity (Wildman–Crippen MR) is 346 cm³/mol. The molecule has 14 aromatic rings. The van der Waals surface area contributed by atoms with Gasteiger partial charge in [0.15, 0.2) is 0 Å². The van der Waals surface area contributed by atoms with Crippen LogP contribution in [0.5, 0.6) is 0 Å². The van der Waals surface area contributed by atoms with Crippen LogP contribution in [-0.2, 0) is 10.8 Å². The minimum atomic E-state index is -0.442. The van der Waals surface area contributed by atoms with Gasteiger partial charge in [-0.25, -0.2) is 0 Å². The molecule has 0 aromatic heterocycles. The van der Waals surface area contributed by atoms with Crippen molar-refractivity contribution in [3.63, 3.8) is 0 Å². The molecule has 0 radical (unpaired) electrons. The fraction of sp³-hybridized carbons (Fsp3) is 0.0500. The first-order valence-electron chi connectivity index (χ1n) is 28.5. The number of aryl methyl sites for hydroxylation is 2. The summed E-state index contributed by atoms with van der Waals surface area (Å²) in [6.07, 6.45) is 0. The normalized spacial score (nSPS) is 13.2. The Morgan fingerprint density at radius 3 is 1.12 bits per heavy atom. The van der Waals surface area contributed by atoms with Crippen LogP contribution in [-0.4, -0.2) is 0 Å². The first kappa shape index (κ1) is 48.8. The van der Waals surface area contributed by atoms with E-state index in [1.54, 1.807) is 0 Å². The van der Waals surface area contributed by atoms with Crippen LogP contribution < -0.4 is 11.1 Å². The minimum Gasteiger partial charge on any atom is -0.398 e. The summed E-state index contributed by atoms with van der Waals surface area (Å²) in [6.45, 7) is 4.28. The lowest BCUT2D eigenvalue weighted by atomic mass is 9.67. The molecule has 14 aromatic carbocycles. The highest BCUT2D eigenvalue weighted by Crippen LogP contribution is 2.58. The lowest BCUT2D eigenvalue weighted by Gasteiger charge is -2.34. The summed E-state index contributed by atoms with van der Waals surface area (Å²) in [5.74, 6) is 0. The lowest BCUT2D eigenvalue weighted by Crippen LogP contribution is -2.28. The van der Waals surface area contributed by atoms with Crippen LogP contribution >= 0.6 is 0 Å². The molecule has 0 atom stereocenters. The van der Waals surface area contributed by atoms with Crippen LogP contribution in [0.2, 0.25) is 0 Å². The second-order valence-electron chi connectivity index (χ2n) is 22.3. The van der Waals surface area contributed by atoms with Crippen molar-refractivity contribution in [3.05, 3.63) is 353 Å². The van der Waals surface area contributed by atoms with Crippen LogP contribution in [0.25, 0.3) is 76.8 Å². The number of hydrogen-bond donors (Lipinski definition) is 2. The van der Waals surface area contributed by atoms with Gasteiger partial charge < -0.3 is 11.1 Å². The van der Waals surface area contributed by atoms with E-state index in [0.717, 1.165) is 28.0 Å². The molecule has 0 aliphatic heterocycles. The molecule has 0 amide bonds. The van der Waals surface area contributed by atoms with Gasteiger partial charge in [-0.2, -0.15) is 0 Å². The molecule has 0 saturated carbocycles. The van der Waals surface area contributed by atoms with Gasteiger partial charge in [-0.15, -0.1) is 0 Å². The number of nitrogens with one attached hydrogen (secondary N) is 1. The number of rotatable bonds is 8. The zero-order valence-corrected chi connectivity index (χ0v) is 45.9. The second-order valence-corrected chi connectivity index (χ2v) is 22.3. The molecule has 0 bridgehead atoms. The molecule has 2 aliphatic rings. The quantitative estimate of drug-likeness (QED) is 0.118. The van der Waals surface area contributed by atoms with Gasteiger partial charge in [0.05, 0.1) is 10.8 Å². The summed E-state index contributed by atoms with van der Waals surface area (Å²) in [6, 6.07) is 109. The average molecular weight is 1050 g/mol. The summed E-state index contributed by atoms with van der Waals surface area (Å²) < 4.78 is 0. The molecular formula is C80H58N2. The molecular weight excluding hydrogens is 989 g/mol. The Bertz CT molecular complexity index is 4480. The smallest absolute Gasteiger partial charge is 0.0714 e. The SMILES string of the molecule is Cc1cccc(-c2c(N)c3ccc4cccc5ccc(c2-c2cccc(C)c2)c3c45)c1.c1ccc(C2(c3cccc(Nc4cccc(C5(c6ccccc6)c6ccccc6-c6ccccc65)c4)c3)c3ccccc3-c3ccccc32)cc1. The van der Waals surface area contributed by atoms with Crippen molar-refractivity contribution in [3.8, 4) is 44.5 Å². The van der Waals surface area contributed by atoms with E-state index < -0.39 is 10.8 Å². The Kier molecular flexibility index (Phi) is 11.6. The topological polar surface area (TPSA) is 38.0 Å². The van der Waals surface area contributed by atoms with Crippen molar-refractivity contribution in [1.82, 2.24) is 0 Å². The minimum absolute atomic E-state index is 0.442. The van der Waals surface area contributed by atoms with Crippen molar-refractivity contribution in [2.24, 2.45) is 0 Å². The van der Waals surface area contributed by atoms with E-state index in [9.17, 15) is 0 Å². The van der Waals surface area contributed by atoms with E-state index in [4.69, 9.17) is 5.73 Å². The second kappa shape index (κ2) is 19.5. The van der Waals surface area contributed by atoms with E-state index in [1.807, 2.05) is 0 Å². The summed E-state index contributed by atoms with van der Waals surface area (Å²) in [7, 11) is 0. The Balaban J connectivity index is 0.000000158. The number of anilines is 3. The molecule has 2 aliphatic carbocycles. The van der Waals surface area contributed by atoms with E-state index in [2.05, 4.69) is 316 Å². The lowest BCUT2D eigenvalue weighted by molar-refractivity contribution is 0.768.